The summed E-state index contributed by atoms with van der Waals surface area (Å²) in [4.78, 5) is 22.3. The van der Waals surface area contributed by atoms with Crippen LogP contribution < -0.4 is 10.2 Å². The molecule has 1 aliphatic heterocycles. The fourth-order valence-corrected chi connectivity index (χ4v) is 6.16. The molecule has 2 fully saturated rings. The highest BCUT2D eigenvalue weighted by atomic mass is 16.5. The van der Waals surface area contributed by atoms with Crippen molar-refractivity contribution in [1.29, 1.82) is 0 Å². The quantitative estimate of drug-likeness (QED) is 0.442. The van der Waals surface area contributed by atoms with Crippen LogP contribution in [0.5, 0.6) is 0 Å². The van der Waals surface area contributed by atoms with E-state index in [2.05, 4.69) is 46.3 Å². The number of aryl methyl sites for hydroxylation is 2. The number of ether oxygens (including phenoxy) is 1. The summed E-state index contributed by atoms with van der Waals surface area (Å²) >= 11 is 0. The average molecular weight is 489 g/mol. The number of rotatable bonds is 6. The van der Waals surface area contributed by atoms with Crippen molar-refractivity contribution in [2.45, 2.75) is 52.6 Å². The van der Waals surface area contributed by atoms with Gasteiger partial charge in [-0.3, -0.25) is 4.57 Å². The van der Waals surface area contributed by atoms with E-state index in [0.717, 1.165) is 71.1 Å². The molecule has 4 heterocycles. The maximum absolute atomic E-state index is 5.63. The molecular weight excluding hydrogens is 452 g/mol. The molecule has 0 spiro atoms. The van der Waals surface area contributed by atoms with Gasteiger partial charge in [-0.25, -0.2) is 9.97 Å². The summed E-state index contributed by atoms with van der Waals surface area (Å²) in [5.74, 6) is 4.88. The highest BCUT2D eigenvalue weighted by Gasteiger charge is 2.32. The molecule has 0 bridgehead atoms. The minimum Gasteiger partial charge on any atom is -0.378 e. The highest BCUT2D eigenvalue weighted by Crippen LogP contribution is 2.34. The van der Waals surface area contributed by atoms with Gasteiger partial charge in [-0.1, -0.05) is 32.4 Å². The van der Waals surface area contributed by atoms with E-state index in [1.807, 2.05) is 25.1 Å². The molecule has 3 aromatic heterocycles. The predicted octanol–water partition coefficient (Wildman–Crippen LogP) is 3.76. The number of anilines is 1. The topological polar surface area (TPSA) is 85.9 Å². The summed E-state index contributed by atoms with van der Waals surface area (Å²) < 4.78 is 9.81. The van der Waals surface area contributed by atoms with Gasteiger partial charge in [0.25, 0.3) is 0 Å². The van der Waals surface area contributed by atoms with Gasteiger partial charge in [0.2, 0.25) is 5.95 Å². The van der Waals surface area contributed by atoms with Gasteiger partial charge < -0.3 is 19.5 Å². The van der Waals surface area contributed by atoms with Crippen molar-refractivity contribution in [2.24, 2.45) is 18.9 Å². The minimum absolute atomic E-state index is 0.546. The SMILES string of the molecule is CCC1C(C)CCC1NCc1nc2c(N3CCOCC3)nc(-n3c(C)nc4ccccc43)nc2n1C. The lowest BCUT2D eigenvalue weighted by atomic mass is 9.93. The molecule has 190 valence electrons. The first kappa shape index (κ1) is 23.4. The molecule has 4 aromatic rings. The Morgan fingerprint density at radius 2 is 1.86 bits per heavy atom. The van der Waals surface area contributed by atoms with Crippen molar-refractivity contribution in [3.8, 4) is 5.95 Å². The number of imidazole rings is 2. The Kier molecular flexibility index (Phi) is 6.13. The first-order valence-corrected chi connectivity index (χ1v) is 13.3. The van der Waals surface area contributed by atoms with Crippen LogP contribution in [-0.2, 0) is 18.3 Å². The zero-order chi connectivity index (χ0) is 24.8. The lowest BCUT2D eigenvalue weighted by Gasteiger charge is -2.28. The molecule has 1 N–H and O–H groups in total. The molecule has 1 aliphatic carbocycles. The largest absolute Gasteiger partial charge is 0.378 e. The van der Waals surface area contributed by atoms with Gasteiger partial charge in [0.1, 0.15) is 11.6 Å². The third-order valence-corrected chi connectivity index (χ3v) is 8.19. The van der Waals surface area contributed by atoms with Gasteiger partial charge >= 0.3 is 0 Å². The highest BCUT2D eigenvalue weighted by molar-refractivity contribution is 5.86. The lowest BCUT2D eigenvalue weighted by molar-refractivity contribution is 0.122. The Labute approximate surface area is 211 Å². The number of benzene rings is 1. The Morgan fingerprint density at radius 3 is 2.67 bits per heavy atom. The molecule has 36 heavy (non-hydrogen) atoms. The fourth-order valence-electron chi connectivity index (χ4n) is 6.16. The second-order valence-electron chi connectivity index (χ2n) is 10.3. The van der Waals surface area contributed by atoms with E-state index in [4.69, 9.17) is 24.7 Å². The molecule has 0 amide bonds. The molecule has 1 aromatic carbocycles. The maximum atomic E-state index is 5.63. The Hall–Kier alpha value is -3.04. The van der Waals surface area contributed by atoms with Crippen molar-refractivity contribution in [2.75, 3.05) is 31.2 Å². The summed E-state index contributed by atoms with van der Waals surface area (Å²) in [6.45, 7) is 10.4. The van der Waals surface area contributed by atoms with Crippen molar-refractivity contribution >= 4 is 28.0 Å². The Morgan fingerprint density at radius 1 is 1.06 bits per heavy atom. The molecule has 2 aliphatic rings. The van der Waals surface area contributed by atoms with Crippen LogP contribution in [0.25, 0.3) is 28.1 Å². The Bertz CT molecular complexity index is 1390. The van der Waals surface area contributed by atoms with Gasteiger partial charge in [-0.2, -0.15) is 9.97 Å². The first-order valence-electron chi connectivity index (χ1n) is 13.3. The fraction of sp³-hybridized carbons (Fsp3) is 0.556. The number of morpholine rings is 1. The smallest absolute Gasteiger partial charge is 0.239 e. The minimum atomic E-state index is 0.546. The normalized spacial score (nSPS) is 22.8. The van der Waals surface area contributed by atoms with E-state index in [1.54, 1.807) is 0 Å². The van der Waals surface area contributed by atoms with Crippen molar-refractivity contribution < 1.29 is 4.74 Å². The maximum Gasteiger partial charge on any atom is 0.239 e. The van der Waals surface area contributed by atoms with Gasteiger partial charge in [0.15, 0.2) is 17.0 Å². The number of fused-ring (bicyclic) bond motifs is 2. The summed E-state index contributed by atoms with van der Waals surface area (Å²) in [6.07, 6.45) is 3.75. The summed E-state index contributed by atoms with van der Waals surface area (Å²) in [5.41, 5.74) is 3.65. The second-order valence-corrected chi connectivity index (χ2v) is 10.3. The summed E-state index contributed by atoms with van der Waals surface area (Å²) in [6, 6.07) is 8.69. The molecule has 1 saturated heterocycles. The van der Waals surface area contributed by atoms with Crippen LogP contribution in [-0.4, -0.2) is 61.4 Å². The predicted molar refractivity (Wildman–Crippen MR) is 142 cm³/mol. The number of nitrogens with one attached hydrogen (secondary N) is 1. The molecule has 3 unspecified atom stereocenters. The van der Waals surface area contributed by atoms with Gasteiger partial charge in [-0.05, 0) is 43.7 Å². The molecule has 9 nitrogen and oxygen atoms in total. The first-order chi connectivity index (χ1) is 17.5. The van der Waals surface area contributed by atoms with Crippen molar-refractivity contribution in [1.82, 2.24) is 34.4 Å². The number of aromatic nitrogens is 6. The van der Waals surface area contributed by atoms with Crippen LogP contribution in [0.1, 0.15) is 44.8 Å². The number of hydrogen-bond acceptors (Lipinski definition) is 7. The standard InChI is InChI=1S/C27H36N8O/c1-5-19-17(2)10-11-20(19)28-16-23-30-24-25(33(23)4)31-27(32-26(24)34-12-14-36-15-13-34)35-18(3)29-21-8-6-7-9-22(21)35/h6-9,17,19-20,28H,5,10-16H2,1-4H3. The van der Waals surface area contributed by atoms with Crippen LogP contribution in [0.15, 0.2) is 24.3 Å². The van der Waals surface area contributed by atoms with Crippen molar-refractivity contribution in [3.05, 3.63) is 35.9 Å². The van der Waals surface area contributed by atoms with Crippen LogP contribution in [0.4, 0.5) is 5.82 Å². The van der Waals surface area contributed by atoms with E-state index in [1.165, 1.54) is 19.3 Å². The molecule has 3 atom stereocenters. The average Bonchev–Trinajstić information content (AvgIpc) is 3.54. The van der Waals surface area contributed by atoms with E-state index in [9.17, 15) is 0 Å². The Balaban J connectivity index is 1.43. The zero-order valence-corrected chi connectivity index (χ0v) is 21.7. The van der Waals surface area contributed by atoms with Crippen LogP contribution in [0, 0.1) is 18.8 Å². The molecule has 0 radical (unpaired) electrons. The van der Waals surface area contributed by atoms with Gasteiger partial charge in [0, 0.05) is 26.2 Å². The second kappa shape index (κ2) is 9.44. The number of para-hydroxylation sites is 2. The van der Waals surface area contributed by atoms with E-state index in [0.29, 0.717) is 25.2 Å². The summed E-state index contributed by atoms with van der Waals surface area (Å²) in [5, 5.41) is 3.83. The number of nitrogens with zero attached hydrogens (tertiary/aromatic N) is 7. The lowest BCUT2D eigenvalue weighted by Crippen LogP contribution is -2.37. The van der Waals surface area contributed by atoms with Crippen LogP contribution in [0.2, 0.25) is 0 Å². The summed E-state index contributed by atoms with van der Waals surface area (Å²) in [7, 11) is 2.07. The molecule has 1 saturated carbocycles. The monoisotopic (exact) mass is 488 g/mol. The van der Waals surface area contributed by atoms with Gasteiger partial charge in [-0.15, -0.1) is 0 Å². The van der Waals surface area contributed by atoms with Crippen LogP contribution >= 0.6 is 0 Å². The zero-order valence-electron chi connectivity index (χ0n) is 21.7. The molecular formula is C27H36N8O. The van der Waals surface area contributed by atoms with E-state index >= 15 is 0 Å². The van der Waals surface area contributed by atoms with Gasteiger partial charge in [0.05, 0.1) is 30.8 Å². The van der Waals surface area contributed by atoms with Crippen LogP contribution in [0.3, 0.4) is 0 Å². The van der Waals surface area contributed by atoms with E-state index in [-0.39, 0.29) is 0 Å². The molecule has 6 rings (SSSR count). The van der Waals surface area contributed by atoms with E-state index < -0.39 is 0 Å². The third-order valence-electron chi connectivity index (χ3n) is 8.19. The molecule has 9 heteroatoms. The van der Waals surface area contributed by atoms with Crippen molar-refractivity contribution in [3.63, 3.8) is 0 Å². The third kappa shape index (κ3) is 3.94. The number of hydrogen-bond donors (Lipinski definition) is 1.